The Bertz CT molecular complexity index is 855. The molecule has 1 aliphatic heterocycles. The molecule has 0 spiro atoms. The molecule has 4 rings (SSSR count). The summed E-state index contributed by atoms with van der Waals surface area (Å²) in [5, 5.41) is 11.6. The van der Waals surface area contributed by atoms with Crippen molar-refractivity contribution in [3.63, 3.8) is 0 Å². The molecular weight excluding hydrogens is 312 g/mol. The van der Waals surface area contributed by atoms with E-state index in [9.17, 15) is 9.90 Å². The second-order valence-corrected chi connectivity index (χ2v) is 6.15. The molecule has 1 N–H and O–H groups in total. The maximum atomic E-state index is 13.5. The Morgan fingerprint density at radius 1 is 0.960 bits per heavy atom. The molecule has 0 fully saturated rings. The first-order chi connectivity index (χ1) is 12.2. The summed E-state index contributed by atoms with van der Waals surface area (Å²) in [6.07, 6.45) is 4.20. The fourth-order valence-corrected chi connectivity index (χ4v) is 3.41. The second kappa shape index (κ2) is 6.15. The molecule has 0 saturated carbocycles. The van der Waals surface area contributed by atoms with Crippen LogP contribution in [0.4, 0.5) is 5.69 Å². The minimum atomic E-state index is -1.73. The number of hydrogen-bond donors (Lipinski definition) is 1. The smallest absolute Gasteiger partial charge is 0.268 e. The van der Waals surface area contributed by atoms with Crippen molar-refractivity contribution in [2.24, 2.45) is 0 Å². The lowest BCUT2D eigenvalue weighted by Crippen LogP contribution is -2.47. The highest BCUT2D eigenvalue weighted by atomic mass is 16.3. The van der Waals surface area contributed by atoms with Crippen molar-refractivity contribution in [3.8, 4) is 0 Å². The number of rotatable bonds is 3. The number of anilines is 1. The van der Waals surface area contributed by atoms with E-state index in [1.165, 1.54) is 0 Å². The van der Waals surface area contributed by atoms with Crippen LogP contribution in [0.2, 0.25) is 0 Å². The monoisotopic (exact) mass is 330 g/mol. The zero-order valence-electron chi connectivity index (χ0n) is 13.7. The number of fused-ring (bicyclic) bond motifs is 1. The standard InChI is InChI=1S/C21H18N2O2/c24-20(23-14-12-16-15-22-13-11-19(16)23)21(25,17-7-3-1-4-8-17)18-9-5-2-6-10-18/h1-11,13,15,25H,12,14H2. The van der Waals surface area contributed by atoms with Crippen LogP contribution in [0.1, 0.15) is 16.7 Å². The summed E-state index contributed by atoms with van der Waals surface area (Å²) in [6, 6.07) is 20.0. The summed E-state index contributed by atoms with van der Waals surface area (Å²) in [5.41, 5.74) is 1.25. The molecule has 0 unspecified atom stereocenters. The Morgan fingerprint density at radius 3 is 2.16 bits per heavy atom. The fourth-order valence-electron chi connectivity index (χ4n) is 3.41. The maximum Gasteiger partial charge on any atom is 0.268 e. The minimum absolute atomic E-state index is 0.338. The first-order valence-corrected chi connectivity index (χ1v) is 8.29. The lowest BCUT2D eigenvalue weighted by molar-refractivity contribution is -0.133. The highest BCUT2D eigenvalue weighted by Gasteiger charge is 2.44. The number of hydrogen-bond acceptors (Lipinski definition) is 3. The molecule has 1 aromatic heterocycles. The van der Waals surface area contributed by atoms with Gasteiger partial charge in [0.15, 0.2) is 5.60 Å². The Morgan fingerprint density at radius 2 is 1.56 bits per heavy atom. The van der Waals surface area contributed by atoms with Gasteiger partial charge in [0.25, 0.3) is 5.91 Å². The van der Waals surface area contributed by atoms with Crippen LogP contribution in [0.3, 0.4) is 0 Å². The first-order valence-electron chi connectivity index (χ1n) is 8.29. The van der Waals surface area contributed by atoms with Crippen LogP contribution in [0.15, 0.2) is 79.1 Å². The van der Waals surface area contributed by atoms with Gasteiger partial charge in [0.2, 0.25) is 0 Å². The summed E-state index contributed by atoms with van der Waals surface area (Å²) < 4.78 is 0. The van der Waals surface area contributed by atoms with Crippen LogP contribution in [0.25, 0.3) is 0 Å². The van der Waals surface area contributed by atoms with E-state index in [4.69, 9.17) is 0 Å². The van der Waals surface area contributed by atoms with E-state index in [1.54, 1.807) is 41.6 Å². The molecular formula is C21H18N2O2. The average Bonchev–Trinajstić information content (AvgIpc) is 3.12. The molecule has 124 valence electrons. The molecule has 0 radical (unpaired) electrons. The molecule has 4 heteroatoms. The molecule has 0 saturated heterocycles. The largest absolute Gasteiger partial charge is 0.372 e. The van der Waals surface area contributed by atoms with E-state index >= 15 is 0 Å². The van der Waals surface area contributed by atoms with E-state index in [2.05, 4.69) is 4.98 Å². The zero-order chi connectivity index (χ0) is 17.3. The molecule has 1 aliphatic rings. The normalized spacial score (nSPS) is 13.6. The number of carbonyl (C=O) groups is 1. The van der Waals surface area contributed by atoms with Crippen molar-refractivity contribution in [1.82, 2.24) is 4.98 Å². The second-order valence-electron chi connectivity index (χ2n) is 6.15. The van der Waals surface area contributed by atoms with E-state index in [1.807, 2.05) is 42.5 Å². The zero-order valence-corrected chi connectivity index (χ0v) is 13.7. The van der Waals surface area contributed by atoms with Crippen LogP contribution in [-0.4, -0.2) is 22.5 Å². The molecule has 2 aromatic carbocycles. The molecule has 0 bridgehead atoms. The molecule has 3 aromatic rings. The van der Waals surface area contributed by atoms with Crippen molar-refractivity contribution < 1.29 is 9.90 Å². The van der Waals surface area contributed by atoms with Gasteiger partial charge in [-0.2, -0.15) is 0 Å². The number of aromatic nitrogens is 1. The van der Waals surface area contributed by atoms with Gasteiger partial charge in [-0.25, -0.2) is 0 Å². The summed E-state index contributed by atoms with van der Waals surface area (Å²) in [5.74, 6) is -0.338. The van der Waals surface area contributed by atoms with Gasteiger partial charge in [-0.15, -0.1) is 0 Å². The third-order valence-electron chi connectivity index (χ3n) is 4.71. The lowest BCUT2D eigenvalue weighted by Gasteiger charge is -2.32. The number of nitrogens with zero attached hydrogens (tertiary/aromatic N) is 2. The van der Waals surface area contributed by atoms with Gasteiger partial charge in [0.1, 0.15) is 0 Å². The maximum absolute atomic E-state index is 13.5. The third-order valence-corrected chi connectivity index (χ3v) is 4.71. The Balaban J connectivity index is 1.84. The average molecular weight is 330 g/mol. The number of benzene rings is 2. The van der Waals surface area contributed by atoms with Crippen molar-refractivity contribution in [3.05, 3.63) is 95.8 Å². The highest BCUT2D eigenvalue weighted by molar-refractivity contribution is 6.03. The quantitative estimate of drug-likeness (QED) is 0.803. The fraction of sp³-hybridized carbons (Fsp3) is 0.143. The summed E-state index contributed by atoms with van der Waals surface area (Å²) in [6.45, 7) is 0.543. The topological polar surface area (TPSA) is 53.4 Å². The number of aliphatic hydroxyl groups is 1. The number of pyridine rings is 1. The van der Waals surface area contributed by atoms with Gasteiger partial charge in [-0.3, -0.25) is 9.78 Å². The molecule has 25 heavy (non-hydrogen) atoms. The summed E-state index contributed by atoms with van der Waals surface area (Å²) in [7, 11) is 0. The van der Waals surface area contributed by atoms with Crippen molar-refractivity contribution >= 4 is 11.6 Å². The van der Waals surface area contributed by atoms with Gasteiger partial charge >= 0.3 is 0 Å². The molecule has 4 nitrogen and oxygen atoms in total. The lowest BCUT2D eigenvalue weighted by atomic mass is 9.85. The van der Waals surface area contributed by atoms with E-state index in [-0.39, 0.29) is 5.91 Å². The highest BCUT2D eigenvalue weighted by Crippen LogP contribution is 2.36. The van der Waals surface area contributed by atoms with Crippen LogP contribution in [0, 0.1) is 0 Å². The van der Waals surface area contributed by atoms with Gasteiger partial charge in [0, 0.05) is 18.9 Å². The molecule has 2 heterocycles. The minimum Gasteiger partial charge on any atom is -0.372 e. The van der Waals surface area contributed by atoms with E-state index in [0.29, 0.717) is 17.7 Å². The van der Waals surface area contributed by atoms with Gasteiger partial charge in [-0.1, -0.05) is 60.7 Å². The summed E-state index contributed by atoms with van der Waals surface area (Å²) >= 11 is 0. The van der Waals surface area contributed by atoms with Crippen molar-refractivity contribution in [2.75, 3.05) is 11.4 Å². The first kappa shape index (κ1) is 15.5. The number of carbonyl (C=O) groups excluding carboxylic acids is 1. The Labute approximate surface area is 146 Å². The van der Waals surface area contributed by atoms with Gasteiger partial charge < -0.3 is 10.0 Å². The van der Waals surface area contributed by atoms with Crippen molar-refractivity contribution in [1.29, 1.82) is 0 Å². The number of amides is 1. The molecule has 0 aliphatic carbocycles. The van der Waals surface area contributed by atoms with Gasteiger partial charge in [-0.05, 0) is 29.2 Å². The van der Waals surface area contributed by atoms with Crippen LogP contribution < -0.4 is 4.90 Å². The SMILES string of the molecule is O=C(N1CCc2cnccc21)C(O)(c1ccccc1)c1ccccc1. The predicted molar refractivity (Wildman–Crippen MR) is 96.2 cm³/mol. The van der Waals surface area contributed by atoms with E-state index in [0.717, 1.165) is 17.7 Å². The third kappa shape index (κ3) is 2.51. The molecule has 1 amide bonds. The Kier molecular flexibility index (Phi) is 3.82. The Hall–Kier alpha value is -2.98. The van der Waals surface area contributed by atoms with Crippen LogP contribution in [0.5, 0.6) is 0 Å². The van der Waals surface area contributed by atoms with Gasteiger partial charge in [0.05, 0.1) is 5.69 Å². The van der Waals surface area contributed by atoms with E-state index < -0.39 is 5.60 Å². The van der Waals surface area contributed by atoms with Crippen molar-refractivity contribution in [2.45, 2.75) is 12.0 Å². The predicted octanol–water partition coefficient (Wildman–Crippen LogP) is 2.91. The van der Waals surface area contributed by atoms with Crippen LogP contribution >= 0.6 is 0 Å². The van der Waals surface area contributed by atoms with Crippen LogP contribution in [-0.2, 0) is 16.8 Å². The summed E-state index contributed by atoms with van der Waals surface area (Å²) in [4.78, 5) is 19.3. The molecule has 0 atom stereocenters.